The molecule has 64 valence electrons. The molecule has 0 N–H and O–H groups in total. The first-order chi connectivity index (χ1) is 6.22. The van der Waals surface area contributed by atoms with Gasteiger partial charge in [0.15, 0.2) is 0 Å². The lowest BCUT2D eigenvalue weighted by Gasteiger charge is -1.90. The summed E-state index contributed by atoms with van der Waals surface area (Å²) in [5.74, 6) is 0. The summed E-state index contributed by atoms with van der Waals surface area (Å²) in [5, 5.41) is 9.88. The molecule has 1 aromatic carbocycles. The van der Waals surface area contributed by atoms with Crippen LogP contribution in [0, 0.1) is 11.3 Å². The quantitative estimate of drug-likeness (QED) is 0.723. The monoisotopic (exact) mass is 269 g/mol. The van der Waals surface area contributed by atoms with Gasteiger partial charge in [-0.3, -0.25) is 0 Å². The number of nitriles is 1. The van der Waals surface area contributed by atoms with Gasteiger partial charge < -0.3 is 0 Å². The van der Waals surface area contributed by atoms with Crippen LogP contribution < -0.4 is 0 Å². The van der Waals surface area contributed by atoms with E-state index in [9.17, 15) is 0 Å². The lowest BCUT2D eigenvalue weighted by atomic mass is 10.2. The lowest BCUT2D eigenvalue weighted by Crippen LogP contribution is -1.70. The minimum atomic E-state index is 0.716. The molecular formula is C9H4BrNS2. The van der Waals surface area contributed by atoms with E-state index in [0.717, 1.165) is 18.8 Å². The van der Waals surface area contributed by atoms with Gasteiger partial charge in [0.1, 0.15) is 6.07 Å². The number of fused-ring (bicyclic) bond motifs is 1. The second kappa shape index (κ2) is 3.33. The Balaban J connectivity index is 2.88. The van der Waals surface area contributed by atoms with Gasteiger partial charge in [-0.25, -0.2) is 0 Å². The van der Waals surface area contributed by atoms with Crippen molar-refractivity contribution in [2.45, 2.75) is 4.90 Å². The number of benzene rings is 1. The van der Waals surface area contributed by atoms with Crippen LogP contribution in [-0.4, -0.2) is 0 Å². The standard InChI is InChI=1S/C9H4BrNS2/c10-9-7(4-11)6-2-1-5(12)3-8(6)13-9/h1-3,12H. The molecule has 0 spiro atoms. The summed E-state index contributed by atoms with van der Waals surface area (Å²) in [6.07, 6.45) is 0. The van der Waals surface area contributed by atoms with Gasteiger partial charge in [0.25, 0.3) is 0 Å². The molecule has 0 unspecified atom stereocenters. The fraction of sp³-hybridized carbons (Fsp3) is 0. The van der Waals surface area contributed by atoms with E-state index < -0.39 is 0 Å². The minimum absolute atomic E-state index is 0.716. The molecule has 0 saturated carbocycles. The van der Waals surface area contributed by atoms with Crippen molar-refractivity contribution in [1.29, 1.82) is 5.26 Å². The first-order valence-electron chi connectivity index (χ1n) is 3.53. The predicted molar refractivity (Wildman–Crippen MR) is 61.5 cm³/mol. The summed E-state index contributed by atoms with van der Waals surface area (Å²) in [4.78, 5) is 0.922. The lowest BCUT2D eigenvalue weighted by molar-refractivity contribution is 1.50. The summed E-state index contributed by atoms with van der Waals surface area (Å²) in [6, 6.07) is 7.97. The predicted octanol–water partition coefficient (Wildman–Crippen LogP) is 3.82. The van der Waals surface area contributed by atoms with Crippen molar-refractivity contribution in [3.8, 4) is 6.07 Å². The Morgan fingerprint density at radius 2 is 2.23 bits per heavy atom. The summed E-state index contributed by atoms with van der Waals surface area (Å²) in [6.45, 7) is 0. The second-order valence-electron chi connectivity index (χ2n) is 2.54. The molecule has 1 aromatic heterocycles. The number of rotatable bonds is 0. The van der Waals surface area contributed by atoms with Gasteiger partial charge in [-0.15, -0.1) is 24.0 Å². The first kappa shape index (κ1) is 9.07. The highest BCUT2D eigenvalue weighted by Gasteiger charge is 2.08. The number of hydrogen-bond acceptors (Lipinski definition) is 3. The third kappa shape index (κ3) is 1.48. The van der Waals surface area contributed by atoms with Crippen LogP contribution in [0.4, 0.5) is 0 Å². The SMILES string of the molecule is N#Cc1c(Br)sc2cc(S)ccc12. The highest BCUT2D eigenvalue weighted by atomic mass is 79.9. The maximum atomic E-state index is 8.88. The number of thiophene rings is 1. The fourth-order valence-electron chi connectivity index (χ4n) is 1.16. The van der Waals surface area contributed by atoms with Crippen LogP contribution in [0.15, 0.2) is 26.9 Å². The average molecular weight is 270 g/mol. The van der Waals surface area contributed by atoms with Gasteiger partial charge in [-0.2, -0.15) is 5.26 Å². The molecule has 0 saturated heterocycles. The largest absolute Gasteiger partial charge is 0.192 e. The van der Waals surface area contributed by atoms with Gasteiger partial charge in [0, 0.05) is 15.0 Å². The van der Waals surface area contributed by atoms with E-state index in [0.29, 0.717) is 5.56 Å². The van der Waals surface area contributed by atoms with E-state index in [-0.39, 0.29) is 0 Å². The van der Waals surface area contributed by atoms with Gasteiger partial charge in [0.05, 0.1) is 9.35 Å². The second-order valence-corrected chi connectivity index (χ2v) is 5.43. The van der Waals surface area contributed by atoms with Crippen LogP contribution in [0.1, 0.15) is 5.56 Å². The molecule has 13 heavy (non-hydrogen) atoms. The zero-order chi connectivity index (χ0) is 9.42. The van der Waals surface area contributed by atoms with Crippen molar-refractivity contribution < 1.29 is 0 Å². The first-order valence-corrected chi connectivity index (χ1v) is 5.59. The number of halogens is 1. The zero-order valence-electron chi connectivity index (χ0n) is 6.41. The Morgan fingerprint density at radius 3 is 2.92 bits per heavy atom. The fourth-order valence-corrected chi connectivity index (χ4v) is 3.19. The Bertz CT molecular complexity index is 510. The van der Waals surface area contributed by atoms with E-state index in [1.165, 1.54) is 0 Å². The molecule has 0 bridgehead atoms. The zero-order valence-corrected chi connectivity index (χ0v) is 9.71. The van der Waals surface area contributed by atoms with Gasteiger partial charge in [-0.1, -0.05) is 6.07 Å². The molecular weight excluding hydrogens is 266 g/mol. The highest BCUT2D eigenvalue weighted by Crippen LogP contribution is 2.35. The van der Waals surface area contributed by atoms with Gasteiger partial charge in [0.2, 0.25) is 0 Å². The third-order valence-electron chi connectivity index (χ3n) is 1.74. The summed E-state index contributed by atoms with van der Waals surface area (Å²) < 4.78 is 1.99. The van der Waals surface area contributed by atoms with Crippen molar-refractivity contribution in [2.75, 3.05) is 0 Å². The van der Waals surface area contributed by atoms with Crippen molar-refractivity contribution in [3.63, 3.8) is 0 Å². The maximum Gasteiger partial charge on any atom is 0.102 e. The highest BCUT2D eigenvalue weighted by molar-refractivity contribution is 9.11. The van der Waals surface area contributed by atoms with Crippen molar-refractivity contribution in [1.82, 2.24) is 0 Å². The van der Waals surface area contributed by atoms with Crippen LogP contribution in [0.5, 0.6) is 0 Å². The molecule has 0 aliphatic rings. The topological polar surface area (TPSA) is 23.8 Å². The van der Waals surface area contributed by atoms with Crippen LogP contribution >= 0.6 is 39.9 Å². The molecule has 0 atom stereocenters. The molecule has 0 radical (unpaired) electrons. The molecule has 0 fully saturated rings. The van der Waals surface area contributed by atoms with Crippen LogP contribution in [0.2, 0.25) is 0 Å². The summed E-state index contributed by atoms with van der Waals surface area (Å²) in [5.41, 5.74) is 0.716. The molecule has 0 aliphatic heterocycles. The Kier molecular flexibility index (Phi) is 2.33. The van der Waals surface area contributed by atoms with E-state index >= 15 is 0 Å². The Labute approximate surface area is 93.5 Å². The molecule has 1 heterocycles. The van der Waals surface area contributed by atoms with Crippen LogP contribution in [0.3, 0.4) is 0 Å². The smallest absolute Gasteiger partial charge is 0.102 e. The van der Waals surface area contributed by atoms with Gasteiger partial charge in [-0.05, 0) is 28.1 Å². The molecule has 2 rings (SSSR count). The van der Waals surface area contributed by atoms with E-state index in [1.54, 1.807) is 11.3 Å². The normalized spacial score (nSPS) is 10.2. The van der Waals surface area contributed by atoms with E-state index in [2.05, 4.69) is 34.6 Å². The van der Waals surface area contributed by atoms with E-state index in [1.807, 2.05) is 18.2 Å². The molecule has 0 amide bonds. The molecule has 4 heteroatoms. The molecule has 0 aliphatic carbocycles. The molecule has 2 aromatic rings. The summed E-state index contributed by atoms with van der Waals surface area (Å²) >= 11 is 9.17. The third-order valence-corrected chi connectivity index (χ3v) is 3.84. The number of hydrogen-bond donors (Lipinski definition) is 1. The van der Waals surface area contributed by atoms with Gasteiger partial charge >= 0.3 is 0 Å². The maximum absolute atomic E-state index is 8.88. The van der Waals surface area contributed by atoms with Crippen LogP contribution in [0.25, 0.3) is 10.1 Å². The Hall–Kier alpha value is -0.500. The number of nitrogens with zero attached hydrogens (tertiary/aromatic N) is 1. The summed E-state index contributed by atoms with van der Waals surface area (Å²) in [7, 11) is 0. The van der Waals surface area contributed by atoms with Crippen molar-refractivity contribution >= 4 is 50.0 Å². The van der Waals surface area contributed by atoms with Crippen molar-refractivity contribution in [2.24, 2.45) is 0 Å². The number of thiol groups is 1. The van der Waals surface area contributed by atoms with Crippen molar-refractivity contribution in [3.05, 3.63) is 27.5 Å². The minimum Gasteiger partial charge on any atom is -0.192 e. The van der Waals surface area contributed by atoms with E-state index in [4.69, 9.17) is 5.26 Å². The van der Waals surface area contributed by atoms with Crippen LogP contribution in [-0.2, 0) is 0 Å². The average Bonchev–Trinajstić information content (AvgIpc) is 2.39. The Morgan fingerprint density at radius 1 is 1.46 bits per heavy atom. The molecule has 1 nitrogen and oxygen atoms in total.